The van der Waals surface area contributed by atoms with Crippen molar-refractivity contribution in [1.82, 2.24) is 15.2 Å². The van der Waals surface area contributed by atoms with Gasteiger partial charge in [-0.3, -0.25) is 5.10 Å². The van der Waals surface area contributed by atoms with E-state index < -0.39 is 0 Å². The molecule has 0 aliphatic rings. The first-order chi connectivity index (χ1) is 7.27. The van der Waals surface area contributed by atoms with Gasteiger partial charge in [0.25, 0.3) is 0 Å². The molecule has 0 saturated heterocycles. The van der Waals surface area contributed by atoms with Crippen LogP contribution in [0.3, 0.4) is 0 Å². The molecule has 0 aliphatic heterocycles. The number of aromatic nitrogens is 3. The molecular weight excluding hydrogens is 188 g/mol. The highest BCUT2D eigenvalue weighted by molar-refractivity contribution is 5.77. The van der Waals surface area contributed by atoms with Crippen LogP contribution < -0.4 is 5.73 Å². The maximum Gasteiger partial charge on any atom is 0.155 e. The number of aryl methyl sites for hydroxylation is 1. The molecule has 0 aromatic carbocycles. The van der Waals surface area contributed by atoms with Crippen LogP contribution >= 0.6 is 0 Å². The molecule has 0 amide bonds. The summed E-state index contributed by atoms with van der Waals surface area (Å²) < 4.78 is 0. The first-order valence-corrected chi connectivity index (χ1v) is 5.30. The van der Waals surface area contributed by atoms with E-state index in [1.807, 2.05) is 19.3 Å². The van der Waals surface area contributed by atoms with Crippen LogP contribution in [-0.4, -0.2) is 21.2 Å². The molecule has 3 N–H and O–H groups in total. The molecule has 1 unspecified atom stereocenters. The zero-order valence-corrected chi connectivity index (χ0v) is 8.90. The summed E-state index contributed by atoms with van der Waals surface area (Å²) in [6.45, 7) is 2.04. The fraction of sp³-hybridized carbons (Fsp3) is 0.455. The zero-order chi connectivity index (χ0) is 10.7. The van der Waals surface area contributed by atoms with Gasteiger partial charge in [-0.25, -0.2) is 4.98 Å². The van der Waals surface area contributed by atoms with E-state index in [0.29, 0.717) is 0 Å². The number of aromatic amines is 1. The summed E-state index contributed by atoms with van der Waals surface area (Å²) in [5.41, 5.74) is 7.89. The van der Waals surface area contributed by atoms with Crippen LogP contribution in [0.15, 0.2) is 18.5 Å². The lowest BCUT2D eigenvalue weighted by Gasteiger charge is -2.05. The fourth-order valence-corrected chi connectivity index (χ4v) is 1.74. The Morgan fingerprint density at radius 3 is 3.20 bits per heavy atom. The van der Waals surface area contributed by atoms with Gasteiger partial charge >= 0.3 is 0 Å². The van der Waals surface area contributed by atoms with Crippen molar-refractivity contribution < 1.29 is 0 Å². The Balaban J connectivity index is 2.10. The van der Waals surface area contributed by atoms with E-state index in [4.69, 9.17) is 5.73 Å². The summed E-state index contributed by atoms with van der Waals surface area (Å²) in [6.07, 6.45) is 6.87. The zero-order valence-electron chi connectivity index (χ0n) is 8.90. The van der Waals surface area contributed by atoms with Crippen LogP contribution in [0.1, 0.15) is 25.3 Å². The summed E-state index contributed by atoms with van der Waals surface area (Å²) in [5, 5.41) is 7.99. The Kier molecular flexibility index (Phi) is 2.97. The molecule has 0 saturated carbocycles. The van der Waals surface area contributed by atoms with Crippen molar-refractivity contribution in [3.05, 3.63) is 24.0 Å². The lowest BCUT2D eigenvalue weighted by molar-refractivity contribution is 0.625. The largest absolute Gasteiger partial charge is 0.328 e. The van der Waals surface area contributed by atoms with Crippen LogP contribution in [0.25, 0.3) is 11.0 Å². The number of hydrogen-bond donors (Lipinski definition) is 2. The summed E-state index contributed by atoms with van der Waals surface area (Å²) in [5.74, 6) is 0. The number of nitrogens with zero attached hydrogens (tertiary/aromatic N) is 2. The third-order valence-electron chi connectivity index (χ3n) is 2.55. The van der Waals surface area contributed by atoms with Gasteiger partial charge in [0.05, 0.1) is 6.20 Å². The highest BCUT2D eigenvalue weighted by Gasteiger charge is 2.03. The molecule has 0 radical (unpaired) electrons. The van der Waals surface area contributed by atoms with E-state index >= 15 is 0 Å². The van der Waals surface area contributed by atoms with Gasteiger partial charge in [-0.1, -0.05) is 0 Å². The minimum Gasteiger partial charge on any atom is -0.328 e. The molecule has 1 atom stereocenters. The van der Waals surface area contributed by atoms with E-state index in [9.17, 15) is 0 Å². The molecule has 2 rings (SSSR count). The Morgan fingerprint density at radius 1 is 1.53 bits per heavy atom. The topological polar surface area (TPSA) is 67.6 Å². The van der Waals surface area contributed by atoms with Crippen molar-refractivity contribution >= 4 is 11.0 Å². The Morgan fingerprint density at radius 2 is 2.40 bits per heavy atom. The summed E-state index contributed by atoms with van der Waals surface area (Å²) in [6, 6.07) is 2.34. The lowest BCUT2D eigenvalue weighted by atomic mass is 10.0. The first kappa shape index (κ1) is 10.1. The van der Waals surface area contributed by atoms with Gasteiger partial charge in [-0.2, -0.15) is 5.10 Å². The third kappa shape index (κ3) is 2.33. The van der Waals surface area contributed by atoms with Crippen LogP contribution in [0.5, 0.6) is 0 Å². The quantitative estimate of drug-likeness (QED) is 0.795. The van der Waals surface area contributed by atoms with Crippen molar-refractivity contribution in [3.63, 3.8) is 0 Å². The molecule has 0 spiro atoms. The molecule has 15 heavy (non-hydrogen) atoms. The van der Waals surface area contributed by atoms with Crippen molar-refractivity contribution in [2.24, 2.45) is 5.73 Å². The molecular formula is C11H16N4. The van der Waals surface area contributed by atoms with Crippen molar-refractivity contribution in [2.45, 2.75) is 32.2 Å². The average Bonchev–Trinajstić information content (AvgIpc) is 2.65. The first-order valence-electron chi connectivity index (χ1n) is 5.30. The normalized spacial score (nSPS) is 13.2. The summed E-state index contributed by atoms with van der Waals surface area (Å²) in [4.78, 5) is 4.20. The Labute approximate surface area is 88.9 Å². The molecule has 0 bridgehead atoms. The van der Waals surface area contributed by atoms with E-state index in [1.54, 1.807) is 0 Å². The molecule has 4 heteroatoms. The van der Waals surface area contributed by atoms with Gasteiger partial charge in [0.15, 0.2) is 5.65 Å². The predicted octanol–water partition coefficient (Wildman–Crippen LogP) is 1.63. The van der Waals surface area contributed by atoms with Crippen LogP contribution in [0.4, 0.5) is 0 Å². The van der Waals surface area contributed by atoms with Gasteiger partial charge in [0, 0.05) is 17.6 Å². The maximum absolute atomic E-state index is 5.72. The number of nitrogens with two attached hydrogens (primary N) is 1. The number of pyridine rings is 1. The van der Waals surface area contributed by atoms with Crippen molar-refractivity contribution in [3.8, 4) is 0 Å². The van der Waals surface area contributed by atoms with Gasteiger partial charge < -0.3 is 5.73 Å². The Hall–Kier alpha value is -1.42. The average molecular weight is 204 g/mol. The number of fused-ring (bicyclic) bond motifs is 1. The maximum atomic E-state index is 5.72. The summed E-state index contributed by atoms with van der Waals surface area (Å²) >= 11 is 0. The third-order valence-corrected chi connectivity index (χ3v) is 2.55. The number of H-pyrrole nitrogens is 1. The Bertz CT molecular complexity index is 433. The minimum absolute atomic E-state index is 0.284. The second-order valence-corrected chi connectivity index (χ2v) is 3.97. The van der Waals surface area contributed by atoms with Crippen molar-refractivity contribution in [2.75, 3.05) is 0 Å². The van der Waals surface area contributed by atoms with E-state index in [-0.39, 0.29) is 6.04 Å². The molecule has 80 valence electrons. The van der Waals surface area contributed by atoms with Gasteiger partial charge in [0.2, 0.25) is 0 Å². The number of nitrogens with one attached hydrogen (secondary N) is 1. The van der Waals surface area contributed by atoms with Gasteiger partial charge in [0.1, 0.15) is 0 Å². The molecule has 2 heterocycles. The predicted molar refractivity (Wildman–Crippen MR) is 60.5 cm³/mol. The van der Waals surface area contributed by atoms with E-state index in [0.717, 1.165) is 30.3 Å². The SMILES string of the molecule is CC(N)CCCc1ccnc2[nH]ncc12. The van der Waals surface area contributed by atoms with E-state index in [2.05, 4.69) is 21.2 Å². The second kappa shape index (κ2) is 4.40. The van der Waals surface area contributed by atoms with Crippen LogP contribution in [0.2, 0.25) is 0 Å². The number of rotatable bonds is 4. The smallest absolute Gasteiger partial charge is 0.155 e. The molecule has 0 fully saturated rings. The molecule has 2 aromatic rings. The highest BCUT2D eigenvalue weighted by atomic mass is 15.1. The molecule has 4 nitrogen and oxygen atoms in total. The van der Waals surface area contributed by atoms with Crippen LogP contribution in [0, 0.1) is 0 Å². The lowest BCUT2D eigenvalue weighted by Crippen LogP contribution is -2.14. The molecule has 2 aromatic heterocycles. The second-order valence-electron chi connectivity index (χ2n) is 3.97. The standard InChI is InChI=1S/C11H16N4/c1-8(12)3-2-4-9-5-6-13-11-10(9)7-14-15-11/h5-8H,2-4,12H2,1H3,(H,13,14,15). The minimum atomic E-state index is 0.284. The number of hydrogen-bond acceptors (Lipinski definition) is 3. The monoisotopic (exact) mass is 204 g/mol. The highest BCUT2D eigenvalue weighted by Crippen LogP contribution is 2.16. The van der Waals surface area contributed by atoms with Gasteiger partial charge in [-0.05, 0) is 37.8 Å². The van der Waals surface area contributed by atoms with E-state index in [1.165, 1.54) is 5.56 Å². The molecule has 0 aliphatic carbocycles. The van der Waals surface area contributed by atoms with Crippen LogP contribution in [-0.2, 0) is 6.42 Å². The van der Waals surface area contributed by atoms with Gasteiger partial charge in [-0.15, -0.1) is 0 Å². The summed E-state index contributed by atoms with van der Waals surface area (Å²) in [7, 11) is 0. The van der Waals surface area contributed by atoms with Crippen molar-refractivity contribution in [1.29, 1.82) is 0 Å². The fourth-order valence-electron chi connectivity index (χ4n) is 1.74.